The molecule has 10 nitrogen and oxygen atoms in total. The van der Waals surface area contributed by atoms with Crippen LogP contribution in [0.2, 0.25) is 0 Å². The quantitative estimate of drug-likeness (QED) is 0.0735. The molecular formula is C41H28F12O10. The molecule has 7 rings (SSSR count). The van der Waals surface area contributed by atoms with Crippen LogP contribution in [0.5, 0.6) is 0 Å². The first-order valence-electron chi connectivity index (χ1n) is 18.0. The summed E-state index contributed by atoms with van der Waals surface area (Å²) in [5.74, 6) is -32.6. The lowest BCUT2D eigenvalue weighted by Crippen LogP contribution is -2.66. The van der Waals surface area contributed by atoms with Crippen molar-refractivity contribution < 1.29 is 100 Å². The zero-order valence-electron chi connectivity index (χ0n) is 30.7. The molecule has 63 heavy (non-hydrogen) atoms. The fraction of sp³-hybridized carbons (Fsp3) is 0.317. The molecule has 4 aromatic rings. The maximum atomic E-state index is 14.4. The number of carbonyl (C=O) groups excluding carboxylic acids is 4. The van der Waals surface area contributed by atoms with E-state index in [1.54, 1.807) is 0 Å². The summed E-state index contributed by atoms with van der Waals surface area (Å²) in [7, 11) is 0. The highest BCUT2D eigenvalue weighted by molar-refractivity contribution is 5.92. The van der Waals surface area contributed by atoms with Gasteiger partial charge in [0.1, 0.15) is 12.2 Å². The number of rotatable bonds is 8. The molecule has 3 fully saturated rings. The summed E-state index contributed by atoms with van der Waals surface area (Å²) in [5.41, 5.74) is -4.39. The summed E-state index contributed by atoms with van der Waals surface area (Å²) in [4.78, 5) is 54.7. The largest absolute Gasteiger partial charge is 0.452 e. The van der Waals surface area contributed by atoms with Crippen molar-refractivity contribution in [2.75, 3.05) is 0 Å². The van der Waals surface area contributed by atoms with E-state index in [0.717, 1.165) is 0 Å². The molecule has 1 saturated heterocycles. The Labute approximate surface area is 346 Å². The zero-order chi connectivity index (χ0) is 44.9. The van der Waals surface area contributed by atoms with Gasteiger partial charge in [0, 0.05) is 12.8 Å². The van der Waals surface area contributed by atoms with E-state index in [4.69, 9.17) is 28.4 Å². The second-order valence-electron chi connectivity index (χ2n) is 14.1. The van der Waals surface area contributed by atoms with Crippen LogP contribution in [0.25, 0.3) is 0 Å². The first-order valence-corrected chi connectivity index (χ1v) is 18.0. The lowest BCUT2D eigenvalue weighted by molar-refractivity contribution is -0.203. The lowest BCUT2D eigenvalue weighted by Gasteiger charge is -2.44. The maximum absolute atomic E-state index is 14.4. The van der Waals surface area contributed by atoms with E-state index in [-0.39, 0.29) is 68.8 Å². The van der Waals surface area contributed by atoms with Crippen LogP contribution in [0.15, 0.2) is 48.5 Å². The molecule has 2 aliphatic carbocycles. The average molecular weight is 909 g/mol. The van der Waals surface area contributed by atoms with Crippen LogP contribution >= 0.6 is 0 Å². The molecule has 1 heterocycles. The Morgan fingerprint density at radius 3 is 0.857 bits per heavy atom. The summed E-state index contributed by atoms with van der Waals surface area (Å²) >= 11 is 0. The van der Waals surface area contributed by atoms with Crippen LogP contribution < -0.4 is 0 Å². The normalized spacial score (nSPS) is 22.4. The van der Waals surface area contributed by atoms with Crippen LogP contribution in [-0.2, 0) is 28.4 Å². The van der Waals surface area contributed by atoms with Crippen molar-refractivity contribution in [2.45, 2.75) is 81.9 Å². The van der Waals surface area contributed by atoms with Crippen LogP contribution in [0, 0.1) is 69.8 Å². The standard InChI is InChI=1S/C40H24F12O10.CH4/c41-18-6-14(7-19(42)26(18)49)36(53)57-30-31(58-37(54)15-8-20(43)27(50)21(44)9-15)33(60-39(56)17-12-24(47)29(52)25(48)13-17)35-34(61-40(62-35)4-2-1-3-5-40)32(30)59-38(55)16-10-22(45)28(51)23(46)11-16;/h6-13,30-35H,1-5H2;1H4/t30?,31?,32-,33+,34+,35?;/m1./s1. The second kappa shape index (κ2) is 17.9. The first-order chi connectivity index (χ1) is 29.3. The van der Waals surface area contributed by atoms with Gasteiger partial charge in [-0.15, -0.1) is 0 Å². The number of ether oxygens (including phenoxy) is 6. The average Bonchev–Trinajstić information content (AvgIpc) is 3.59. The van der Waals surface area contributed by atoms with Crippen molar-refractivity contribution in [3.63, 3.8) is 0 Å². The highest BCUT2D eigenvalue weighted by Crippen LogP contribution is 2.48. The Bertz CT molecular complexity index is 2240. The van der Waals surface area contributed by atoms with Gasteiger partial charge in [0.2, 0.25) is 0 Å². The molecule has 6 atom stereocenters. The van der Waals surface area contributed by atoms with Crippen molar-refractivity contribution in [2.24, 2.45) is 0 Å². The van der Waals surface area contributed by atoms with Crippen molar-refractivity contribution in [1.29, 1.82) is 0 Å². The molecule has 0 bridgehead atoms. The van der Waals surface area contributed by atoms with E-state index in [1.165, 1.54) is 0 Å². The predicted molar refractivity (Wildman–Crippen MR) is 184 cm³/mol. The Morgan fingerprint density at radius 2 is 0.619 bits per heavy atom. The van der Waals surface area contributed by atoms with E-state index >= 15 is 0 Å². The predicted octanol–water partition coefficient (Wildman–Crippen LogP) is 8.65. The fourth-order valence-electron chi connectivity index (χ4n) is 7.24. The van der Waals surface area contributed by atoms with Gasteiger partial charge in [-0.25, -0.2) is 71.9 Å². The van der Waals surface area contributed by atoms with Crippen LogP contribution in [0.4, 0.5) is 52.7 Å². The number of carbonyl (C=O) groups is 4. The van der Waals surface area contributed by atoms with Gasteiger partial charge >= 0.3 is 23.9 Å². The minimum absolute atomic E-state index is 0. The highest BCUT2D eigenvalue weighted by atomic mass is 19.2. The molecule has 1 spiro atoms. The van der Waals surface area contributed by atoms with Gasteiger partial charge in [0.25, 0.3) is 0 Å². The van der Waals surface area contributed by atoms with E-state index in [2.05, 4.69) is 0 Å². The number of halogens is 12. The Kier molecular flexibility index (Phi) is 13.2. The summed E-state index contributed by atoms with van der Waals surface area (Å²) < 4.78 is 205. The van der Waals surface area contributed by atoms with E-state index < -0.39 is 158 Å². The van der Waals surface area contributed by atoms with Crippen molar-refractivity contribution in [3.05, 3.63) is 141 Å². The molecular weight excluding hydrogens is 880 g/mol. The third kappa shape index (κ3) is 9.04. The van der Waals surface area contributed by atoms with Gasteiger partial charge in [0.15, 0.2) is 100 Å². The highest BCUT2D eigenvalue weighted by Gasteiger charge is 2.65. The van der Waals surface area contributed by atoms with E-state index in [9.17, 15) is 71.9 Å². The summed E-state index contributed by atoms with van der Waals surface area (Å²) in [6.45, 7) is 0. The SMILES string of the molecule is C.O=C(OC1C(OC(=O)c2cc(F)c(F)c(F)c2)[C@@H](OC(=O)c2cc(F)c(F)c(F)c2)[C@@H]2OC3(CCCCC3)OC2[C@H]1OC(=O)c1cc(F)c(F)c(F)c1)c1cc(F)c(F)c(F)c1. The molecule has 0 radical (unpaired) electrons. The van der Waals surface area contributed by atoms with Crippen LogP contribution in [-0.4, -0.2) is 66.3 Å². The van der Waals surface area contributed by atoms with Gasteiger partial charge < -0.3 is 28.4 Å². The van der Waals surface area contributed by atoms with Gasteiger partial charge in [-0.05, 0) is 61.4 Å². The minimum Gasteiger partial charge on any atom is -0.452 e. The molecule has 3 unspecified atom stereocenters. The first kappa shape index (κ1) is 46.3. The third-order valence-corrected chi connectivity index (χ3v) is 10.1. The Balaban J connectivity index is 0.00000661. The second-order valence-corrected chi connectivity index (χ2v) is 14.1. The molecule has 336 valence electrons. The van der Waals surface area contributed by atoms with Crippen molar-refractivity contribution >= 4 is 23.9 Å². The summed E-state index contributed by atoms with van der Waals surface area (Å²) in [6, 6.07) is 1.13. The molecule has 22 heteroatoms. The van der Waals surface area contributed by atoms with Crippen molar-refractivity contribution in [1.82, 2.24) is 0 Å². The van der Waals surface area contributed by atoms with E-state index in [1.807, 2.05) is 0 Å². The van der Waals surface area contributed by atoms with Crippen LogP contribution in [0.3, 0.4) is 0 Å². The molecule has 0 N–H and O–H groups in total. The molecule has 0 aromatic heterocycles. The maximum Gasteiger partial charge on any atom is 0.338 e. The molecule has 1 aliphatic heterocycles. The minimum atomic E-state index is -2.60. The van der Waals surface area contributed by atoms with Gasteiger partial charge in [0.05, 0.1) is 22.3 Å². The number of fused-ring (bicyclic) bond motifs is 1. The van der Waals surface area contributed by atoms with Gasteiger partial charge in [-0.2, -0.15) is 0 Å². The van der Waals surface area contributed by atoms with Crippen molar-refractivity contribution in [3.8, 4) is 0 Å². The molecule has 4 aromatic carbocycles. The molecule has 3 aliphatic rings. The summed E-state index contributed by atoms with van der Waals surface area (Å²) in [5, 5.41) is 0. The molecule has 0 amide bonds. The smallest absolute Gasteiger partial charge is 0.338 e. The van der Waals surface area contributed by atoms with Crippen LogP contribution in [0.1, 0.15) is 81.0 Å². The molecule has 2 saturated carbocycles. The van der Waals surface area contributed by atoms with Gasteiger partial charge in [-0.3, -0.25) is 0 Å². The monoisotopic (exact) mass is 908 g/mol. The Hall–Kier alpha value is -6.16. The number of hydrogen-bond donors (Lipinski definition) is 0. The zero-order valence-corrected chi connectivity index (χ0v) is 30.7. The number of esters is 4. The Morgan fingerprint density at radius 1 is 0.397 bits per heavy atom. The third-order valence-electron chi connectivity index (χ3n) is 10.1. The lowest BCUT2D eigenvalue weighted by atomic mass is 9.84. The van der Waals surface area contributed by atoms with E-state index in [0.29, 0.717) is 19.3 Å². The number of hydrogen-bond acceptors (Lipinski definition) is 10. The fourth-order valence-corrected chi connectivity index (χ4v) is 7.24. The van der Waals surface area contributed by atoms with Gasteiger partial charge in [-0.1, -0.05) is 13.8 Å². The summed E-state index contributed by atoms with van der Waals surface area (Å²) in [6.07, 6.45) is -12.4. The number of benzene rings is 4. The topological polar surface area (TPSA) is 124 Å².